The van der Waals surface area contributed by atoms with Crippen LogP contribution in [0.4, 0.5) is 0 Å². The molecule has 0 atom stereocenters. The van der Waals surface area contributed by atoms with Gasteiger partial charge >= 0.3 is 0 Å². The van der Waals surface area contributed by atoms with Crippen molar-refractivity contribution in [2.75, 3.05) is 46.8 Å². The van der Waals surface area contributed by atoms with E-state index in [0.29, 0.717) is 18.5 Å². The zero-order chi connectivity index (χ0) is 22.2. The number of Topliss-reactive ketones (excluding diaryl/α,β-unsaturated/α-hetero) is 1. The smallest absolute Gasteiger partial charge is 0.263 e. The molecule has 166 valence electrons. The number of nitrogens with one attached hydrogen (secondary N) is 1. The Morgan fingerprint density at radius 1 is 1.03 bits per heavy atom. The fourth-order valence-corrected chi connectivity index (χ4v) is 3.82. The van der Waals surface area contributed by atoms with E-state index in [9.17, 15) is 14.4 Å². The van der Waals surface area contributed by atoms with E-state index in [1.165, 1.54) is 17.7 Å². The van der Waals surface area contributed by atoms with Gasteiger partial charge in [-0.15, -0.1) is 0 Å². The number of unbranched alkanes of at least 4 members (excludes halogenated alkanes) is 1. The molecule has 1 aromatic carbocycles. The second-order valence-electron chi connectivity index (χ2n) is 8.17. The molecular formula is C24H32N4O3. The van der Waals surface area contributed by atoms with Gasteiger partial charge in [0.05, 0.1) is 6.54 Å². The standard InChI is InChI=1S/C24H32N4O3/c1-25-23(30)21-16-20(18-28(24(21)31)17-19-8-4-3-5-9-19)22(29)10-6-7-11-27-14-12-26(2)13-15-27/h3-5,8-9,16,18H,6-7,10-15,17H2,1-2H3,(H,25,30). The Kier molecular flexibility index (Phi) is 8.14. The summed E-state index contributed by atoms with van der Waals surface area (Å²) in [7, 11) is 3.62. The fraction of sp³-hybridized carbons (Fsp3) is 0.458. The van der Waals surface area contributed by atoms with Gasteiger partial charge < -0.3 is 19.7 Å². The average molecular weight is 425 g/mol. The summed E-state index contributed by atoms with van der Waals surface area (Å²) in [5.74, 6) is -0.512. The van der Waals surface area contributed by atoms with Crippen LogP contribution in [0.25, 0.3) is 0 Å². The number of piperazine rings is 1. The summed E-state index contributed by atoms with van der Waals surface area (Å²) >= 11 is 0. The highest BCUT2D eigenvalue weighted by molar-refractivity contribution is 6.00. The van der Waals surface area contributed by atoms with Crippen LogP contribution in [-0.2, 0) is 6.54 Å². The number of rotatable bonds is 9. The topological polar surface area (TPSA) is 74.7 Å². The number of amides is 1. The van der Waals surface area contributed by atoms with Gasteiger partial charge in [-0.25, -0.2) is 0 Å². The van der Waals surface area contributed by atoms with Gasteiger partial charge in [-0.1, -0.05) is 30.3 Å². The van der Waals surface area contributed by atoms with Gasteiger partial charge in [0.1, 0.15) is 5.56 Å². The molecule has 0 unspecified atom stereocenters. The number of pyridine rings is 1. The number of carbonyl (C=O) groups is 2. The lowest BCUT2D eigenvalue weighted by molar-refractivity contribution is 0.0961. The van der Waals surface area contributed by atoms with Crippen molar-refractivity contribution in [3.63, 3.8) is 0 Å². The van der Waals surface area contributed by atoms with Crippen molar-refractivity contribution in [2.24, 2.45) is 0 Å². The Labute approximate surface area is 183 Å². The molecule has 1 N–H and O–H groups in total. The van der Waals surface area contributed by atoms with Crippen LogP contribution < -0.4 is 10.9 Å². The summed E-state index contributed by atoms with van der Waals surface area (Å²) < 4.78 is 1.46. The number of benzene rings is 1. The van der Waals surface area contributed by atoms with E-state index >= 15 is 0 Å². The first-order valence-electron chi connectivity index (χ1n) is 10.9. The van der Waals surface area contributed by atoms with Crippen LogP contribution in [0.15, 0.2) is 47.4 Å². The van der Waals surface area contributed by atoms with Crippen LogP contribution in [0.5, 0.6) is 0 Å². The molecule has 7 heteroatoms. The maximum Gasteiger partial charge on any atom is 0.263 e. The lowest BCUT2D eigenvalue weighted by atomic mass is 10.0. The fourth-order valence-electron chi connectivity index (χ4n) is 3.82. The van der Waals surface area contributed by atoms with Gasteiger partial charge in [0.15, 0.2) is 5.78 Å². The molecule has 0 saturated carbocycles. The second kappa shape index (κ2) is 11.0. The molecule has 31 heavy (non-hydrogen) atoms. The van der Waals surface area contributed by atoms with E-state index in [4.69, 9.17) is 0 Å². The largest absolute Gasteiger partial charge is 0.355 e. The number of hydrogen-bond acceptors (Lipinski definition) is 5. The zero-order valence-electron chi connectivity index (χ0n) is 18.5. The highest BCUT2D eigenvalue weighted by Gasteiger charge is 2.17. The quantitative estimate of drug-likeness (QED) is 0.491. The Morgan fingerprint density at radius 3 is 2.42 bits per heavy atom. The predicted molar refractivity (Wildman–Crippen MR) is 122 cm³/mol. The van der Waals surface area contributed by atoms with Crippen molar-refractivity contribution in [1.82, 2.24) is 19.7 Å². The summed E-state index contributed by atoms with van der Waals surface area (Å²) in [4.78, 5) is 42.6. The van der Waals surface area contributed by atoms with Crippen molar-refractivity contribution in [3.05, 3.63) is 69.6 Å². The minimum absolute atomic E-state index is 0.00159. The monoisotopic (exact) mass is 424 g/mol. The Morgan fingerprint density at radius 2 is 1.74 bits per heavy atom. The van der Waals surface area contributed by atoms with Crippen LogP contribution in [-0.4, -0.2) is 72.9 Å². The predicted octanol–water partition coefficient (Wildman–Crippen LogP) is 1.86. The summed E-state index contributed by atoms with van der Waals surface area (Å²) in [5, 5.41) is 2.50. The van der Waals surface area contributed by atoms with Crippen LogP contribution in [0.3, 0.4) is 0 Å². The first-order chi connectivity index (χ1) is 15.0. The van der Waals surface area contributed by atoms with E-state index in [1.54, 1.807) is 6.20 Å². The number of likely N-dealkylation sites (N-methyl/N-ethyl adjacent to an activating group) is 1. The third-order valence-electron chi connectivity index (χ3n) is 5.80. The van der Waals surface area contributed by atoms with Gasteiger partial charge in [-0.05, 0) is 38.1 Å². The maximum atomic E-state index is 12.9. The molecule has 0 spiro atoms. The van der Waals surface area contributed by atoms with Crippen molar-refractivity contribution in [2.45, 2.75) is 25.8 Å². The average Bonchev–Trinajstić information content (AvgIpc) is 2.79. The second-order valence-corrected chi connectivity index (χ2v) is 8.17. The third-order valence-corrected chi connectivity index (χ3v) is 5.80. The van der Waals surface area contributed by atoms with Crippen molar-refractivity contribution >= 4 is 11.7 Å². The van der Waals surface area contributed by atoms with Gasteiger partial charge in [-0.3, -0.25) is 14.4 Å². The molecule has 1 aromatic heterocycles. The lowest BCUT2D eigenvalue weighted by Gasteiger charge is -2.32. The van der Waals surface area contributed by atoms with Crippen LogP contribution in [0.2, 0.25) is 0 Å². The normalized spacial score (nSPS) is 15.0. The number of aromatic nitrogens is 1. The van der Waals surface area contributed by atoms with E-state index in [0.717, 1.165) is 51.1 Å². The molecule has 2 aromatic rings. The molecule has 2 heterocycles. The lowest BCUT2D eigenvalue weighted by Crippen LogP contribution is -2.44. The zero-order valence-corrected chi connectivity index (χ0v) is 18.5. The molecule has 1 saturated heterocycles. The summed E-state index contributed by atoms with van der Waals surface area (Å²) in [6.45, 7) is 5.63. The molecule has 1 fully saturated rings. The molecule has 0 radical (unpaired) electrons. The van der Waals surface area contributed by atoms with Crippen molar-refractivity contribution < 1.29 is 9.59 Å². The number of nitrogens with zero attached hydrogens (tertiary/aromatic N) is 3. The van der Waals surface area contributed by atoms with Gasteiger partial charge in [0.25, 0.3) is 11.5 Å². The summed E-state index contributed by atoms with van der Waals surface area (Å²) in [6, 6.07) is 11.0. The Hall–Kier alpha value is -2.77. The summed E-state index contributed by atoms with van der Waals surface area (Å²) in [6.07, 6.45) is 3.74. The molecule has 0 bridgehead atoms. The van der Waals surface area contributed by atoms with Crippen molar-refractivity contribution in [3.8, 4) is 0 Å². The highest BCUT2D eigenvalue weighted by Crippen LogP contribution is 2.11. The Balaban J connectivity index is 1.67. The number of ketones is 1. The molecular weight excluding hydrogens is 392 g/mol. The minimum Gasteiger partial charge on any atom is -0.355 e. The number of hydrogen-bond donors (Lipinski definition) is 1. The molecule has 3 rings (SSSR count). The molecule has 1 amide bonds. The van der Waals surface area contributed by atoms with Gasteiger partial charge in [0, 0.05) is 51.4 Å². The number of carbonyl (C=O) groups excluding carboxylic acids is 2. The van der Waals surface area contributed by atoms with E-state index in [-0.39, 0.29) is 11.3 Å². The first kappa shape index (κ1) is 22.9. The minimum atomic E-state index is -0.475. The maximum absolute atomic E-state index is 12.9. The van der Waals surface area contributed by atoms with Crippen LogP contribution in [0.1, 0.15) is 45.5 Å². The van der Waals surface area contributed by atoms with E-state index in [1.807, 2.05) is 30.3 Å². The van der Waals surface area contributed by atoms with E-state index < -0.39 is 11.5 Å². The van der Waals surface area contributed by atoms with Crippen LogP contribution in [0, 0.1) is 0 Å². The molecule has 0 aliphatic carbocycles. The van der Waals surface area contributed by atoms with Gasteiger partial charge in [0.2, 0.25) is 0 Å². The molecule has 1 aliphatic heterocycles. The van der Waals surface area contributed by atoms with Crippen molar-refractivity contribution in [1.29, 1.82) is 0 Å². The Bertz CT molecular complexity index is 947. The molecule has 1 aliphatic rings. The third kappa shape index (κ3) is 6.35. The SMILES string of the molecule is CNC(=O)c1cc(C(=O)CCCCN2CCN(C)CC2)cn(Cc2ccccc2)c1=O. The highest BCUT2D eigenvalue weighted by atomic mass is 16.2. The van der Waals surface area contributed by atoms with E-state index in [2.05, 4.69) is 22.2 Å². The van der Waals surface area contributed by atoms with Crippen LogP contribution >= 0.6 is 0 Å². The first-order valence-corrected chi connectivity index (χ1v) is 10.9. The molecule has 7 nitrogen and oxygen atoms in total. The summed E-state index contributed by atoms with van der Waals surface area (Å²) in [5.41, 5.74) is 0.953. The van der Waals surface area contributed by atoms with Gasteiger partial charge in [-0.2, -0.15) is 0 Å².